The summed E-state index contributed by atoms with van der Waals surface area (Å²) in [5.41, 5.74) is -0.978. The molecule has 0 bridgehead atoms. The summed E-state index contributed by atoms with van der Waals surface area (Å²) in [6.45, 7) is 4.99. The fourth-order valence-corrected chi connectivity index (χ4v) is 3.84. The van der Waals surface area contributed by atoms with Gasteiger partial charge in [-0.2, -0.15) is 0 Å². The van der Waals surface area contributed by atoms with Gasteiger partial charge in [0.2, 0.25) is 0 Å². The van der Waals surface area contributed by atoms with E-state index in [0.717, 1.165) is 0 Å². The van der Waals surface area contributed by atoms with Gasteiger partial charge in [0.1, 0.15) is 5.78 Å². The second kappa shape index (κ2) is 8.93. The van der Waals surface area contributed by atoms with Crippen LogP contribution in [0, 0.1) is 17.3 Å². The molecule has 0 aromatic heterocycles. The molecule has 1 aliphatic carbocycles. The largest absolute Gasteiger partial charge is 0.465 e. The highest BCUT2D eigenvalue weighted by Crippen LogP contribution is 2.49. The maximum atomic E-state index is 12.6. The number of hydrogen-bond acceptors (Lipinski definition) is 6. The van der Waals surface area contributed by atoms with E-state index in [9.17, 15) is 19.2 Å². The third kappa shape index (κ3) is 4.43. The smallest absolute Gasteiger partial charge is 0.323 e. The van der Waals surface area contributed by atoms with E-state index < -0.39 is 29.2 Å². The van der Waals surface area contributed by atoms with Gasteiger partial charge in [-0.1, -0.05) is 30.3 Å². The maximum Gasteiger partial charge on any atom is 0.323 e. The van der Waals surface area contributed by atoms with Crippen molar-refractivity contribution in [1.82, 2.24) is 0 Å². The molecule has 0 aliphatic heterocycles. The maximum absolute atomic E-state index is 12.6. The molecular formula is C21H26O6. The number of ether oxygens (including phenoxy) is 2. The van der Waals surface area contributed by atoms with Gasteiger partial charge >= 0.3 is 11.9 Å². The summed E-state index contributed by atoms with van der Waals surface area (Å²) in [5, 5.41) is 0. The molecular weight excluding hydrogens is 348 g/mol. The highest BCUT2D eigenvalue weighted by atomic mass is 16.6. The molecule has 1 saturated carbocycles. The van der Waals surface area contributed by atoms with E-state index in [1.807, 2.05) is 6.07 Å². The summed E-state index contributed by atoms with van der Waals surface area (Å²) in [6.07, 6.45) is 0.190. The molecule has 0 amide bonds. The predicted octanol–water partition coefficient (Wildman–Crippen LogP) is 2.99. The van der Waals surface area contributed by atoms with E-state index in [2.05, 4.69) is 0 Å². The topological polar surface area (TPSA) is 86.7 Å². The van der Waals surface area contributed by atoms with Crippen LogP contribution in [0.1, 0.15) is 50.4 Å². The lowest BCUT2D eigenvalue weighted by Crippen LogP contribution is -2.40. The number of Topliss-reactive ketones (excluding diaryl/α,β-unsaturated/α-hetero) is 2. The fraction of sp³-hybridized carbons (Fsp3) is 0.524. The minimum atomic E-state index is -1.52. The highest BCUT2D eigenvalue weighted by molar-refractivity contribution is 6.02. The molecule has 1 aliphatic rings. The lowest BCUT2D eigenvalue weighted by atomic mass is 9.84. The van der Waals surface area contributed by atoms with Crippen molar-refractivity contribution in [2.45, 2.75) is 40.0 Å². The summed E-state index contributed by atoms with van der Waals surface area (Å²) in [5.74, 6) is -2.59. The van der Waals surface area contributed by atoms with Crippen LogP contribution in [0.2, 0.25) is 0 Å². The number of rotatable bonds is 8. The molecule has 6 heteroatoms. The lowest BCUT2D eigenvalue weighted by molar-refractivity contribution is -0.172. The first-order valence-corrected chi connectivity index (χ1v) is 9.28. The van der Waals surface area contributed by atoms with Crippen LogP contribution in [-0.2, 0) is 23.9 Å². The van der Waals surface area contributed by atoms with Crippen molar-refractivity contribution in [3.8, 4) is 0 Å². The Kier molecular flexibility index (Phi) is 6.88. The highest BCUT2D eigenvalue weighted by Gasteiger charge is 2.58. The minimum Gasteiger partial charge on any atom is -0.465 e. The Hall–Kier alpha value is -2.50. The van der Waals surface area contributed by atoms with Crippen LogP contribution in [0.15, 0.2) is 30.3 Å². The van der Waals surface area contributed by atoms with E-state index in [1.165, 1.54) is 6.92 Å². The second-order valence-electron chi connectivity index (χ2n) is 6.90. The van der Waals surface area contributed by atoms with Crippen LogP contribution in [-0.4, -0.2) is 36.7 Å². The third-order valence-electron chi connectivity index (χ3n) is 5.15. The first kappa shape index (κ1) is 20.8. The lowest BCUT2D eigenvalue weighted by Gasteiger charge is -2.24. The van der Waals surface area contributed by atoms with Crippen molar-refractivity contribution in [3.63, 3.8) is 0 Å². The summed E-state index contributed by atoms with van der Waals surface area (Å²) >= 11 is 0. The average molecular weight is 374 g/mol. The number of benzene rings is 1. The van der Waals surface area contributed by atoms with Crippen molar-refractivity contribution in [3.05, 3.63) is 35.9 Å². The zero-order valence-electron chi connectivity index (χ0n) is 16.0. The van der Waals surface area contributed by atoms with Gasteiger partial charge in [-0.3, -0.25) is 19.2 Å². The zero-order valence-corrected chi connectivity index (χ0v) is 16.0. The number of esters is 2. The van der Waals surface area contributed by atoms with Gasteiger partial charge in [-0.25, -0.2) is 0 Å². The van der Waals surface area contributed by atoms with E-state index >= 15 is 0 Å². The minimum absolute atomic E-state index is 0.0206. The van der Waals surface area contributed by atoms with Crippen molar-refractivity contribution < 1.29 is 28.7 Å². The van der Waals surface area contributed by atoms with Gasteiger partial charge in [0, 0.05) is 17.9 Å². The Morgan fingerprint density at radius 2 is 1.52 bits per heavy atom. The van der Waals surface area contributed by atoms with Gasteiger partial charge in [0.05, 0.1) is 13.2 Å². The van der Waals surface area contributed by atoms with Crippen molar-refractivity contribution in [2.24, 2.45) is 17.3 Å². The van der Waals surface area contributed by atoms with Gasteiger partial charge in [0.25, 0.3) is 0 Å². The average Bonchev–Trinajstić information content (AvgIpc) is 3.04. The van der Waals surface area contributed by atoms with Gasteiger partial charge < -0.3 is 9.47 Å². The van der Waals surface area contributed by atoms with Crippen LogP contribution in [0.5, 0.6) is 0 Å². The Balaban J connectivity index is 2.31. The molecule has 1 aromatic rings. The van der Waals surface area contributed by atoms with E-state index in [-0.39, 0.29) is 44.0 Å². The molecule has 0 radical (unpaired) electrons. The summed E-state index contributed by atoms with van der Waals surface area (Å²) in [6, 6.07) is 8.78. The molecule has 146 valence electrons. The van der Waals surface area contributed by atoms with Crippen LogP contribution in [0.3, 0.4) is 0 Å². The van der Waals surface area contributed by atoms with Crippen molar-refractivity contribution >= 4 is 23.5 Å². The molecule has 0 spiro atoms. The van der Waals surface area contributed by atoms with Gasteiger partial charge in [0.15, 0.2) is 11.2 Å². The molecule has 2 unspecified atom stereocenters. The zero-order chi connectivity index (χ0) is 20.0. The molecule has 2 rings (SSSR count). The summed E-state index contributed by atoms with van der Waals surface area (Å²) < 4.78 is 10.3. The van der Waals surface area contributed by atoms with Crippen molar-refractivity contribution in [1.29, 1.82) is 0 Å². The Labute approximate surface area is 159 Å². The molecule has 1 fully saturated rings. The van der Waals surface area contributed by atoms with Gasteiger partial charge in [-0.05, 0) is 39.5 Å². The van der Waals surface area contributed by atoms with E-state index in [1.54, 1.807) is 38.1 Å². The fourth-order valence-electron chi connectivity index (χ4n) is 3.84. The van der Waals surface area contributed by atoms with E-state index in [4.69, 9.17) is 9.47 Å². The van der Waals surface area contributed by atoms with Crippen LogP contribution in [0.25, 0.3) is 0 Å². The van der Waals surface area contributed by atoms with Crippen LogP contribution in [0.4, 0.5) is 0 Å². The van der Waals surface area contributed by atoms with Crippen LogP contribution >= 0.6 is 0 Å². The molecule has 1 aromatic carbocycles. The summed E-state index contributed by atoms with van der Waals surface area (Å²) in [4.78, 5) is 50.1. The molecule has 2 atom stereocenters. The molecule has 6 nitrogen and oxygen atoms in total. The SMILES string of the molecule is CCOC(=O)C1(C(=O)OCC)CC(CC(=O)c2ccccc2)C(C(C)=O)C1. The Morgan fingerprint density at radius 1 is 0.963 bits per heavy atom. The van der Waals surface area contributed by atoms with Crippen LogP contribution < -0.4 is 0 Å². The first-order valence-electron chi connectivity index (χ1n) is 9.28. The molecule has 0 saturated heterocycles. The quantitative estimate of drug-likeness (QED) is 0.395. The van der Waals surface area contributed by atoms with Crippen molar-refractivity contribution in [2.75, 3.05) is 13.2 Å². The monoisotopic (exact) mass is 374 g/mol. The number of carbonyl (C=O) groups excluding carboxylic acids is 4. The molecule has 0 heterocycles. The normalized spacial score (nSPS) is 20.7. The summed E-state index contributed by atoms with van der Waals surface area (Å²) in [7, 11) is 0. The molecule has 0 N–H and O–H groups in total. The third-order valence-corrected chi connectivity index (χ3v) is 5.15. The number of ketones is 2. The Bertz CT molecular complexity index is 691. The number of hydrogen-bond donors (Lipinski definition) is 0. The second-order valence-corrected chi connectivity index (χ2v) is 6.90. The number of carbonyl (C=O) groups is 4. The Morgan fingerprint density at radius 3 is 2.00 bits per heavy atom. The van der Waals surface area contributed by atoms with E-state index in [0.29, 0.717) is 5.56 Å². The first-order chi connectivity index (χ1) is 12.9. The predicted molar refractivity (Wildman–Crippen MR) is 98.0 cm³/mol. The standard InChI is InChI=1S/C21H26O6/c1-4-26-19(24)21(20(25)27-5-2)12-16(17(13-21)14(3)22)11-18(23)15-9-7-6-8-10-15/h6-10,16-17H,4-5,11-13H2,1-3H3. The molecule has 27 heavy (non-hydrogen) atoms. The van der Waals surface area contributed by atoms with Gasteiger partial charge in [-0.15, -0.1) is 0 Å².